The number of hydrogen-bond acceptors (Lipinski definition) is 5. The fourth-order valence-corrected chi connectivity index (χ4v) is 3.45. The fourth-order valence-electron chi connectivity index (χ4n) is 3.45. The Morgan fingerprint density at radius 3 is 2.37 bits per heavy atom. The molecule has 2 aromatic carbocycles. The average Bonchev–Trinajstić information content (AvgIpc) is 3.13. The van der Waals surface area contributed by atoms with E-state index in [9.17, 15) is 9.59 Å². The largest absolute Gasteiger partial charge is 0.299 e. The van der Waals surface area contributed by atoms with Crippen molar-refractivity contribution in [2.24, 2.45) is 0 Å². The Hall–Kier alpha value is -4.33. The SMILES string of the molecule is Cc1nn2c(nnc3c(=O)n(NC(=O)c4ccccc4)ccc32)c1-c1ccccc1. The molecule has 1 N–H and O–H groups in total. The predicted molar refractivity (Wildman–Crippen MR) is 113 cm³/mol. The van der Waals surface area contributed by atoms with E-state index in [1.165, 1.54) is 6.20 Å². The molecule has 0 aliphatic carbocycles. The third kappa shape index (κ3) is 2.82. The number of nitrogens with one attached hydrogen (secondary N) is 1. The number of hydrogen-bond donors (Lipinski definition) is 1. The monoisotopic (exact) mass is 396 g/mol. The van der Waals surface area contributed by atoms with Gasteiger partial charge in [-0.3, -0.25) is 15.0 Å². The Kier molecular flexibility index (Phi) is 4.10. The summed E-state index contributed by atoms with van der Waals surface area (Å²) < 4.78 is 2.72. The summed E-state index contributed by atoms with van der Waals surface area (Å²) in [5.74, 6) is -0.396. The summed E-state index contributed by atoms with van der Waals surface area (Å²) in [6.45, 7) is 1.89. The predicted octanol–water partition coefficient (Wildman–Crippen LogP) is 2.80. The highest BCUT2D eigenvalue weighted by Crippen LogP contribution is 2.27. The molecule has 5 aromatic rings. The van der Waals surface area contributed by atoms with Crippen LogP contribution in [0.15, 0.2) is 77.7 Å². The van der Waals surface area contributed by atoms with Crippen molar-refractivity contribution < 1.29 is 4.79 Å². The zero-order valence-electron chi connectivity index (χ0n) is 16.0. The van der Waals surface area contributed by atoms with Crippen molar-refractivity contribution in [3.63, 3.8) is 0 Å². The van der Waals surface area contributed by atoms with Crippen molar-refractivity contribution >= 4 is 22.6 Å². The van der Waals surface area contributed by atoms with Crippen molar-refractivity contribution in [3.8, 4) is 11.1 Å². The first kappa shape index (κ1) is 17.7. The molecule has 3 aromatic heterocycles. The van der Waals surface area contributed by atoms with Crippen molar-refractivity contribution in [1.29, 1.82) is 0 Å². The quantitative estimate of drug-likeness (QED) is 0.506. The summed E-state index contributed by atoms with van der Waals surface area (Å²) in [7, 11) is 0. The van der Waals surface area contributed by atoms with Gasteiger partial charge in [0.05, 0.1) is 11.3 Å². The Morgan fingerprint density at radius 1 is 0.933 bits per heavy atom. The second kappa shape index (κ2) is 6.93. The Bertz CT molecular complexity index is 1460. The van der Waals surface area contributed by atoms with E-state index < -0.39 is 11.5 Å². The summed E-state index contributed by atoms with van der Waals surface area (Å²) in [4.78, 5) is 25.3. The lowest BCUT2D eigenvalue weighted by atomic mass is 10.1. The number of aryl methyl sites for hydroxylation is 1. The third-order valence-electron chi connectivity index (χ3n) is 4.87. The van der Waals surface area contributed by atoms with E-state index in [0.717, 1.165) is 21.5 Å². The molecule has 0 saturated heterocycles. The summed E-state index contributed by atoms with van der Waals surface area (Å²) in [5.41, 5.74) is 6.35. The molecule has 0 fully saturated rings. The Balaban J connectivity index is 1.62. The summed E-state index contributed by atoms with van der Waals surface area (Å²) in [5, 5.41) is 13.0. The minimum Gasteiger partial charge on any atom is -0.267 e. The first-order valence-electron chi connectivity index (χ1n) is 9.33. The maximum Gasteiger partial charge on any atom is 0.299 e. The van der Waals surface area contributed by atoms with Crippen LogP contribution >= 0.6 is 0 Å². The molecular formula is C22H16N6O2. The summed E-state index contributed by atoms with van der Waals surface area (Å²) in [6, 6.07) is 20.1. The minimum atomic E-state index is -0.486. The van der Waals surface area contributed by atoms with E-state index in [-0.39, 0.29) is 5.52 Å². The average molecular weight is 396 g/mol. The van der Waals surface area contributed by atoms with Gasteiger partial charge in [-0.1, -0.05) is 48.5 Å². The summed E-state index contributed by atoms with van der Waals surface area (Å²) >= 11 is 0. The lowest BCUT2D eigenvalue weighted by molar-refractivity contribution is 0.101. The topological polar surface area (TPSA) is 94.2 Å². The van der Waals surface area contributed by atoms with Gasteiger partial charge in [-0.15, -0.1) is 10.2 Å². The number of rotatable bonds is 3. The second-order valence-electron chi connectivity index (χ2n) is 6.79. The van der Waals surface area contributed by atoms with E-state index in [0.29, 0.717) is 16.7 Å². The molecule has 8 heteroatoms. The van der Waals surface area contributed by atoms with Crippen LogP contribution in [0.25, 0.3) is 27.8 Å². The number of nitrogens with zero attached hydrogens (tertiary/aromatic N) is 5. The summed E-state index contributed by atoms with van der Waals surface area (Å²) in [6.07, 6.45) is 1.49. The highest BCUT2D eigenvalue weighted by atomic mass is 16.2. The van der Waals surface area contributed by atoms with Crippen LogP contribution in [0.3, 0.4) is 0 Å². The van der Waals surface area contributed by atoms with Gasteiger partial charge in [0.25, 0.3) is 11.5 Å². The number of carbonyl (C=O) groups excluding carboxylic acids is 1. The Labute approximate surface area is 170 Å². The zero-order valence-corrected chi connectivity index (χ0v) is 16.0. The zero-order chi connectivity index (χ0) is 20.7. The molecule has 3 heterocycles. The van der Waals surface area contributed by atoms with Gasteiger partial charge in [0.1, 0.15) is 5.52 Å². The maximum atomic E-state index is 12.9. The first-order valence-corrected chi connectivity index (χ1v) is 9.33. The minimum absolute atomic E-state index is 0.112. The molecule has 8 nitrogen and oxygen atoms in total. The van der Waals surface area contributed by atoms with Gasteiger partial charge in [0.15, 0.2) is 11.2 Å². The van der Waals surface area contributed by atoms with Crippen LogP contribution in [0.5, 0.6) is 0 Å². The van der Waals surface area contributed by atoms with Crippen LogP contribution in [0.4, 0.5) is 0 Å². The molecule has 0 atom stereocenters. The number of aromatic nitrogens is 5. The molecule has 0 aliphatic rings. The van der Waals surface area contributed by atoms with Gasteiger partial charge in [0, 0.05) is 11.8 Å². The standard InChI is InChI=1S/C22H16N6O2/c1-14-18(15-8-4-2-5-9-15)20-24-23-19-17(28(20)25-14)12-13-27(22(19)30)26-21(29)16-10-6-3-7-11-16/h2-13H,1H3,(H,26,29). The number of amides is 1. The molecule has 5 rings (SSSR count). The Morgan fingerprint density at radius 2 is 1.63 bits per heavy atom. The van der Waals surface area contributed by atoms with Gasteiger partial charge < -0.3 is 0 Å². The molecule has 0 saturated carbocycles. The highest BCUT2D eigenvalue weighted by molar-refractivity contribution is 6.00. The number of carbonyl (C=O) groups is 1. The molecule has 146 valence electrons. The van der Waals surface area contributed by atoms with Crippen molar-refractivity contribution in [3.05, 3.63) is 94.5 Å². The molecule has 30 heavy (non-hydrogen) atoms. The fraction of sp³-hybridized carbons (Fsp3) is 0.0455. The normalized spacial score (nSPS) is 11.1. The van der Waals surface area contributed by atoms with E-state index >= 15 is 0 Å². The van der Waals surface area contributed by atoms with Gasteiger partial charge in [0.2, 0.25) is 0 Å². The maximum absolute atomic E-state index is 12.9. The number of benzene rings is 2. The van der Waals surface area contributed by atoms with E-state index in [1.807, 2.05) is 43.3 Å². The lowest BCUT2D eigenvalue weighted by Gasteiger charge is -2.09. The van der Waals surface area contributed by atoms with Crippen molar-refractivity contribution in [1.82, 2.24) is 24.5 Å². The molecule has 0 unspecified atom stereocenters. The second-order valence-corrected chi connectivity index (χ2v) is 6.79. The van der Waals surface area contributed by atoms with Gasteiger partial charge in [-0.25, -0.2) is 9.19 Å². The van der Waals surface area contributed by atoms with Crippen molar-refractivity contribution in [2.75, 3.05) is 5.43 Å². The van der Waals surface area contributed by atoms with Crippen LogP contribution in [-0.4, -0.2) is 30.4 Å². The molecule has 1 amide bonds. The smallest absolute Gasteiger partial charge is 0.267 e. The molecule has 0 aliphatic heterocycles. The van der Waals surface area contributed by atoms with E-state index in [2.05, 4.69) is 20.7 Å². The number of fused-ring (bicyclic) bond motifs is 3. The third-order valence-corrected chi connectivity index (χ3v) is 4.87. The first-order chi connectivity index (χ1) is 14.6. The van der Waals surface area contributed by atoms with E-state index in [4.69, 9.17) is 0 Å². The molecule has 0 radical (unpaired) electrons. The van der Waals surface area contributed by atoms with Crippen LogP contribution < -0.4 is 11.0 Å². The van der Waals surface area contributed by atoms with Gasteiger partial charge in [-0.2, -0.15) is 5.10 Å². The lowest BCUT2D eigenvalue weighted by Crippen LogP contribution is -2.33. The molecular weight excluding hydrogens is 380 g/mol. The van der Waals surface area contributed by atoms with Gasteiger partial charge in [-0.05, 0) is 30.7 Å². The van der Waals surface area contributed by atoms with Crippen LogP contribution in [0.1, 0.15) is 16.1 Å². The molecule has 0 spiro atoms. The van der Waals surface area contributed by atoms with Crippen LogP contribution in [0.2, 0.25) is 0 Å². The highest BCUT2D eigenvalue weighted by Gasteiger charge is 2.17. The van der Waals surface area contributed by atoms with E-state index in [1.54, 1.807) is 34.8 Å². The van der Waals surface area contributed by atoms with Crippen LogP contribution in [0, 0.1) is 6.92 Å². The van der Waals surface area contributed by atoms with Gasteiger partial charge >= 0.3 is 0 Å². The molecule has 0 bridgehead atoms. The van der Waals surface area contributed by atoms with Crippen LogP contribution in [-0.2, 0) is 0 Å². The van der Waals surface area contributed by atoms with Crippen molar-refractivity contribution in [2.45, 2.75) is 6.92 Å². The number of pyridine rings is 1.